The van der Waals surface area contributed by atoms with Crippen molar-refractivity contribution in [2.24, 2.45) is 23.7 Å². The average Bonchev–Trinajstić information content (AvgIpc) is 3.03. The van der Waals surface area contributed by atoms with Crippen molar-refractivity contribution in [1.29, 1.82) is 0 Å². The maximum absolute atomic E-state index is 7.53. The second kappa shape index (κ2) is 13.7. The molecule has 4 aliphatic heterocycles. The minimum absolute atomic E-state index is 0.229. The van der Waals surface area contributed by atoms with Crippen LogP contribution in [0.4, 0.5) is 0 Å². The molecule has 0 unspecified atom stereocenters. The molecule has 0 N–H and O–H groups in total. The van der Waals surface area contributed by atoms with Crippen LogP contribution in [-0.2, 0) is 17.6 Å². The molecule has 0 aliphatic carbocycles. The van der Waals surface area contributed by atoms with Gasteiger partial charge in [0.25, 0.3) is 0 Å². The molecule has 7 heteroatoms. The van der Waals surface area contributed by atoms with Crippen molar-refractivity contribution in [1.82, 2.24) is 9.80 Å². The Kier molecular flexibility index (Phi) is 9.89. The first-order valence-corrected chi connectivity index (χ1v) is 17.4. The molecule has 2 aromatic carbocycles. The van der Waals surface area contributed by atoms with Gasteiger partial charge in [-0.15, -0.1) is 0 Å². The fourth-order valence-corrected chi connectivity index (χ4v) is 9.03. The summed E-state index contributed by atoms with van der Waals surface area (Å²) in [6.45, 7) is 13.8. The summed E-state index contributed by atoms with van der Waals surface area (Å²) in [5.41, 5.74) is 5.57. The van der Waals surface area contributed by atoms with Gasteiger partial charge in [0.1, 0.15) is 0 Å². The van der Waals surface area contributed by atoms with E-state index in [1.54, 1.807) is 28.4 Å². The lowest BCUT2D eigenvalue weighted by molar-refractivity contribution is -0.141. The fraction of sp³-hybridized carbons (Fsp3) is 0.684. The topological polar surface area (TPSA) is 52.6 Å². The first-order valence-electron chi connectivity index (χ1n) is 17.4. The lowest BCUT2D eigenvalue weighted by atomic mass is 9.77. The van der Waals surface area contributed by atoms with Gasteiger partial charge < -0.3 is 23.7 Å². The highest BCUT2D eigenvalue weighted by molar-refractivity contribution is 5.50. The molecule has 7 nitrogen and oxygen atoms in total. The van der Waals surface area contributed by atoms with Crippen molar-refractivity contribution in [3.8, 4) is 23.0 Å². The summed E-state index contributed by atoms with van der Waals surface area (Å²) >= 11 is 0. The molecule has 0 aromatic heterocycles. The summed E-state index contributed by atoms with van der Waals surface area (Å²) in [6.07, 6.45) is 7.02. The zero-order valence-electron chi connectivity index (χ0n) is 28.9. The molecule has 0 amide bonds. The third-order valence-corrected chi connectivity index (χ3v) is 11.0. The molecule has 4 aliphatic rings. The predicted octanol–water partition coefficient (Wildman–Crippen LogP) is 7.11. The second-order valence-corrected chi connectivity index (χ2v) is 14.8. The Morgan fingerprint density at radius 2 is 0.978 bits per heavy atom. The van der Waals surface area contributed by atoms with Crippen molar-refractivity contribution in [2.45, 2.75) is 90.5 Å². The van der Waals surface area contributed by atoms with Gasteiger partial charge in [-0.1, -0.05) is 27.7 Å². The molecule has 0 bridgehead atoms. The van der Waals surface area contributed by atoms with Crippen LogP contribution in [0, 0.1) is 23.7 Å². The van der Waals surface area contributed by atoms with Gasteiger partial charge in [-0.2, -0.15) is 0 Å². The third-order valence-electron chi connectivity index (χ3n) is 11.0. The number of rotatable bonds is 10. The number of piperidine rings is 2. The maximum atomic E-state index is 7.53. The highest BCUT2D eigenvalue weighted by atomic mass is 16.5. The number of fused-ring (bicyclic) bond motifs is 6. The quantitative estimate of drug-likeness (QED) is 0.281. The molecule has 248 valence electrons. The molecule has 2 fully saturated rings. The number of benzene rings is 2. The Morgan fingerprint density at radius 3 is 1.33 bits per heavy atom. The van der Waals surface area contributed by atoms with Crippen molar-refractivity contribution in [3.05, 3.63) is 46.5 Å². The van der Waals surface area contributed by atoms with E-state index in [9.17, 15) is 0 Å². The summed E-state index contributed by atoms with van der Waals surface area (Å²) in [6, 6.07) is 9.59. The van der Waals surface area contributed by atoms with E-state index in [-0.39, 0.29) is 12.2 Å². The van der Waals surface area contributed by atoms with Crippen LogP contribution in [0.2, 0.25) is 0 Å². The molecule has 6 atom stereocenters. The van der Waals surface area contributed by atoms with Gasteiger partial charge in [0.05, 0.1) is 40.6 Å². The average molecular weight is 621 g/mol. The van der Waals surface area contributed by atoms with Crippen LogP contribution in [0.25, 0.3) is 0 Å². The van der Waals surface area contributed by atoms with E-state index in [1.165, 1.54) is 35.1 Å². The second-order valence-electron chi connectivity index (χ2n) is 14.8. The third kappa shape index (κ3) is 6.55. The lowest BCUT2D eigenvalue weighted by Gasteiger charge is -2.51. The first kappa shape index (κ1) is 32.5. The molecule has 45 heavy (non-hydrogen) atoms. The van der Waals surface area contributed by atoms with Gasteiger partial charge >= 0.3 is 0 Å². The summed E-state index contributed by atoms with van der Waals surface area (Å²) in [7, 11) is 6.95. The van der Waals surface area contributed by atoms with Crippen molar-refractivity contribution in [3.63, 3.8) is 0 Å². The fourth-order valence-electron chi connectivity index (χ4n) is 9.03. The zero-order chi connectivity index (χ0) is 31.8. The molecule has 6 rings (SSSR count). The molecular weight excluding hydrogens is 564 g/mol. The Hall–Kier alpha value is -2.48. The Labute approximate surface area is 271 Å². The molecular formula is C38H56N2O5. The SMILES string of the molecule is COc1cc2c(cc1OC)[C@H]1C[C@@H](O[C@@H]3C[C@@H]4c5cc(OC)c(OC)cc5CCN4C[C@H]3CC(C)C)[C@H](CC(C)C)CN1CC2. The van der Waals surface area contributed by atoms with E-state index in [4.69, 9.17) is 23.7 Å². The molecule has 0 radical (unpaired) electrons. The van der Waals surface area contributed by atoms with E-state index >= 15 is 0 Å². The van der Waals surface area contributed by atoms with Crippen molar-refractivity contribution < 1.29 is 23.7 Å². The van der Waals surface area contributed by atoms with Crippen LogP contribution in [0.1, 0.15) is 87.7 Å². The highest BCUT2D eigenvalue weighted by Crippen LogP contribution is 2.48. The summed E-state index contributed by atoms with van der Waals surface area (Å²) < 4.78 is 30.4. The zero-order valence-corrected chi connectivity index (χ0v) is 28.9. The van der Waals surface area contributed by atoms with Crippen LogP contribution < -0.4 is 18.9 Å². The van der Waals surface area contributed by atoms with Crippen LogP contribution in [-0.4, -0.2) is 76.6 Å². The van der Waals surface area contributed by atoms with Crippen LogP contribution in [0.3, 0.4) is 0 Å². The van der Waals surface area contributed by atoms with Crippen LogP contribution in [0.15, 0.2) is 24.3 Å². The smallest absolute Gasteiger partial charge is 0.161 e. The maximum Gasteiger partial charge on any atom is 0.161 e. The largest absolute Gasteiger partial charge is 0.493 e. The number of nitrogens with zero attached hydrogens (tertiary/aromatic N) is 2. The molecule has 0 spiro atoms. The lowest BCUT2D eigenvalue weighted by Crippen LogP contribution is -2.53. The van der Waals surface area contributed by atoms with Gasteiger partial charge in [0, 0.05) is 38.3 Å². The van der Waals surface area contributed by atoms with E-state index in [0.717, 1.165) is 74.9 Å². The van der Waals surface area contributed by atoms with Gasteiger partial charge in [-0.05, 0) is 109 Å². The van der Waals surface area contributed by atoms with Gasteiger partial charge in [-0.3, -0.25) is 9.80 Å². The minimum Gasteiger partial charge on any atom is -0.493 e. The Bertz CT molecular complexity index is 1230. The molecule has 2 aromatic rings. The number of methoxy groups -OCH3 is 4. The molecule has 0 saturated carbocycles. The summed E-state index contributed by atoms with van der Waals surface area (Å²) in [5.74, 6) is 5.65. The van der Waals surface area contributed by atoms with E-state index in [0.29, 0.717) is 35.8 Å². The van der Waals surface area contributed by atoms with Crippen LogP contribution >= 0.6 is 0 Å². The number of hydrogen-bond acceptors (Lipinski definition) is 7. The minimum atomic E-state index is 0.229. The van der Waals surface area contributed by atoms with E-state index < -0.39 is 0 Å². The van der Waals surface area contributed by atoms with E-state index in [1.807, 2.05) is 0 Å². The number of hydrogen-bond donors (Lipinski definition) is 0. The van der Waals surface area contributed by atoms with Gasteiger partial charge in [0.2, 0.25) is 0 Å². The van der Waals surface area contributed by atoms with Gasteiger partial charge in [-0.25, -0.2) is 0 Å². The Balaban J connectivity index is 1.31. The molecule has 4 heterocycles. The van der Waals surface area contributed by atoms with Gasteiger partial charge in [0.15, 0.2) is 23.0 Å². The van der Waals surface area contributed by atoms with E-state index in [2.05, 4.69) is 61.8 Å². The van der Waals surface area contributed by atoms with Crippen LogP contribution in [0.5, 0.6) is 23.0 Å². The van der Waals surface area contributed by atoms with Crippen molar-refractivity contribution in [2.75, 3.05) is 54.6 Å². The monoisotopic (exact) mass is 620 g/mol. The first-order chi connectivity index (χ1) is 21.7. The standard InChI is InChI=1S/C38H56N2O5/c1-23(2)13-27-21-39-11-9-25-15-35(41-5)37(43-7)17-29(25)31(39)19-33(27)45-34-20-32-30-18-38(44-8)36(42-6)16-26(30)10-12-40(32)22-28(34)14-24(3)4/h15-18,23-24,27-28,31-34H,9-14,19-22H2,1-8H3/t27-,28-,31-,32-,33-,34-/m1/s1. The highest BCUT2D eigenvalue weighted by Gasteiger charge is 2.45. The molecule has 2 saturated heterocycles. The van der Waals surface area contributed by atoms with Crippen molar-refractivity contribution >= 4 is 0 Å². The Morgan fingerprint density at radius 1 is 0.600 bits per heavy atom. The summed E-state index contributed by atoms with van der Waals surface area (Å²) in [5, 5.41) is 0. The summed E-state index contributed by atoms with van der Waals surface area (Å²) in [4.78, 5) is 5.46. The predicted molar refractivity (Wildman–Crippen MR) is 179 cm³/mol. The normalized spacial score (nSPS) is 28.2. The number of ether oxygens (including phenoxy) is 5.